The third-order valence-electron chi connectivity index (χ3n) is 6.25. The SMILES string of the molecule is CCOc1ccc(S(=O)(=O)N(CC(=O)NCCOc2ccc(S(=O)(=O)N3CCOCC3)cc2)c2ccc(F)cc2)cc1. The maximum atomic E-state index is 13.5. The van der Waals surface area contributed by atoms with Crippen molar-refractivity contribution in [1.29, 1.82) is 0 Å². The molecule has 1 saturated heterocycles. The summed E-state index contributed by atoms with van der Waals surface area (Å²) < 4.78 is 84.5. The molecule has 226 valence electrons. The molecule has 0 aliphatic carbocycles. The Bertz CT molecular complexity index is 1540. The smallest absolute Gasteiger partial charge is 0.264 e. The van der Waals surface area contributed by atoms with Crippen LogP contribution in [-0.4, -0.2) is 79.7 Å². The number of benzene rings is 3. The predicted molar refractivity (Wildman–Crippen MR) is 153 cm³/mol. The molecule has 0 bridgehead atoms. The molecule has 11 nitrogen and oxygen atoms in total. The minimum absolute atomic E-state index is 0.0451. The third-order valence-corrected chi connectivity index (χ3v) is 9.95. The van der Waals surface area contributed by atoms with Gasteiger partial charge in [0.25, 0.3) is 10.0 Å². The molecule has 0 unspecified atom stereocenters. The van der Waals surface area contributed by atoms with Gasteiger partial charge in [0.05, 0.1) is 41.8 Å². The van der Waals surface area contributed by atoms with Gasteiger partial charge in [0.1, 0.15) is 30.5 Å². The Morgan fingerprint density at radius 1 is 0.881 bits per heavy atom. The van der Waals surface area contributed by atoms with E-state index < -0.39 is 38.3 Å². The van der Waals surface area contributed by atoms with E-state index in [-0.39, 0.29) is 28.6 Å². The molecule has 1 N–H and O–H groups in total. The average molecular weight is 622 g/mol. The average Bonchev–Trinajstić information content (AvgIpc) is 3.00. The Balaban J connectivity index is 1.35. The molecule has 0 aromatic heterocycles. The van der Waals surface area contributed by atoms with Crippen LogP contribution < -0.4 is 19.1 Å². The second kappa shape index (κ2) is 14.0. The first-order chi connectivity index (χ1) is 20.1. The zero-order valence-electron chi connectivity index (χ0n) is 22.9. The van der Waals surface area contributed by atoms with Gasteiger partial charge >= 0.3 is 0 Å². The molecule has 4 rings (SSSR count). The number of halogens is 1. The lowest BCUT2D eigenvalue weighted by Gasteiger charge is -2.26. The number of amides is 1. The molecular weight excluding hydrogens is 589 g/mol. The van der Waals surface area contributed by atoms with Gasteiger partial charge in [0, 0.05) is 13.1 Å². The zero-order valence-corrected chi connectivity index (χ0v) is 24.6. The number of carbonyl (C=O) groups is 1. The highest BCUT2D eigenvalue weighted by atomic mass is 32.2. The number of sulfonamides is 2. The van der Waals surface area contributed by atoms with E-state index in [4.69, 9.17) is 14.2 Å². The van der Waals surface area contributed by atoms with Crippen LogP contribution in [0.2, 0.25) is 0 Å². The molecular formula is C28H32FN3O8S2. The van der Waals surface area contributed by atoms with Gasteiger partial charge in [-0.2, -0.15) is 4.31 Å². The lowest BCUT2D eigenvalue weighted by Crippen LogP contribution is -2.41. The highest BCUT2D eigenvalue weighted by molar-refractivity contribution is 7.92. The van der Waals surface area contributed by atoms with Crippen molar-refractivity contribution < 1.29 is 40.2 Å². The van der Waals surface area contributed by atoms with Crippen molar-refractivity contribution in [1.82, 2.24) is 9.62 Å². The van der Waals surface area contributed by atoms with E-state index in [0.29, 0.717) is 44.4 Å². The van der Waals surface area contributed by atoms with Gasteiger partial charge in [-0.1, -0.05) is 0 Å². The standard InChI is InChI=1S/C28H32FN3O8S2/c1-2-39-24-7-13-27(14-8-24)42(36,37)32(23-5-3-22(29)4-6-23)21-28(33)30-15-18-40-25-9-11-26(12-10-25)41(34,35)31-16-19-38-20-17-31/h3-14H,2,15-21H2,1H3,(H,30,33). The van der Waals surface area contributed by atoms with Crippen molar-refractivity contribution in [2.45, 2.75) is 16.7 Å². The summed E-state index contributed by atoms with van der Waals surface area (Å²) in [7, 11) is -7.82. The van der Waals surface area contributed by atoms with Gasteiger partial charge < -0.3 is 19.5 Å². The molecule has 1 aliphatic heterocycles. The van der Waals surface area contributed by atoms with Crippen molar-refractivity contribution in [3.8, 4) is 11.5 Å². The number of nitrogens with one attached hydrogen (secondary N) is 1. The monoisotopic (exact) mass is 621 g/mol. The van der Waals surface area contributed by atoms with Crippen LogP contribution in [0.5, 0.6) is 11.5 Å². The number of rotatable bonds is 13. The van der Waals surface area contributed by atoms with E-state index >= 15 is 0 Å². The predicted octanol–water partition coefficient (Wildman–Crippen LogP) is 2.64. The summed E-state index contributed by atoms with van der Waals surface area (Å²) in [4.78, 5) is 12.9. The van der Waals surface area contributed by atoms with E-state index in [1.807, 2.05) is 0 Å². The summed E-state index contributed by atoms with van der Waals surface area (Å²) >= 11 is 0. The van der Waals surface area contributed by atoms with Gasteiger partial charge in [-0.25, -0.2) is 21.2 Å². The molecule has 0 radical (unpaired) electrons. The number of nitrogens with zero attached hydrogens (tertiary/aromatic N) is 2. The lowest BCUT2D eigenvalue weighted by atomic mass is 10.3. The fourth-order valence-corrected chi connectivity index (χ4v) is 6.94. The Kier molecular flexibility index (Phi) is 10.4. The summed E-state index contributed by atoms with van der Waals surface area (Å²) in [6.45, 7) is 3.04. The number of anilines is 1. The molecule has 42 heavy (non-hydrogen) atoms. The topological polar surface area (TPSA) is 132 Å². The molecule has 3 aromatic rings. The van der Waals surface area contributed by atoms with Gasteiger partial charge in [0.2, 0.25) is 15.9 Å². The minimum Gasteiger partial charge on any atom is -0.494 e. The van der Waals surface area contributed by atoms with Gasteiger partial charge in [-0.15, -0.1) is 0 Å². The van der Waals surface area contributed by atoms with Crippen LogP contribution in [0.25, 0.3) is 0 Å². The maximum Gasteiger partial charge on any atom is 0.264 e. The second-order valence-electron chi connectivity index (χ2n) is 9.08. The quantitative estimate of drug-likeness (QED) is 0.288. The van der Waals surface area contributed by atoms with E-state index in [2.05, 4.69) is 5.32 Å². The normalized spacial score (nSPS) is 14.2. The Morgan fingerprint density at radius 3 is 2.05 bits per heavy atom. The first-order valence-electron chi connectivity index (χ1n) is 13.2. The number of hydrogen-bond acceptors (Lipinski definition) is 8. The second-order valence-corrected chi connectivity index (χ2v) is 12.9. The molecule has 1 aliphatic rings. The van der Waals surface area contributed by atoms with Crippen LogP contribution in [0, 0.1) is 5.82 Å². The highest BCUT2D eigenvalue weighted by Crippen LogP contribution is 2.25. The minimum atomic E-state index is -4.19. The van der Waals surface area contributed by atoms with Crippen LogP contribution in [0.1, 0.15) is 6.92 Å². The summed E-state index contributed by atoms with van der Waals surface area (Å²) in [5.41, 5.74) is 0.115. The Labute approximate surface area is 244 Å². The molecule has 1 amide bonds. The highest BCUT2D eigenvalue weighted by Gasteiger charge is 2.28. The van der Waals surface area contributed by atoms with Gasteiger partial charge in [0.15, 0.2) is 0 Å². The van der Waals surface area contributed by atoms with Gasteiger partial charge in [-0.3, -0.25) is 9.10 Å². The molecule has 0 saturated carbocycles. The van der Waals surface area contributed by atoms with Crippen LogP contribution in [-0.2, 0) is 29.6 Å². The van der Waals surface area contributed by atoms with Crippen molar-refractivity contribution in [3.05, 3.63) is 78.6 Å². The van der Waals surface area contributed by atoms with Crippen LogP contribution >= 0.6 is 0 Å². The van der Waals surface area contributed by atoms with Crippen molar-refractivity contribution in [3.63, 3.8) is 0 Å². The van der Waals surface area contributed by atoms with E-state index in [1.165, 1.54) is 65.0 Å². The van der Waals surface area contributed by atoms with Crippen molar-refractivity contribution in [2.24, 2.45) is 0 Å². The summed E-state index contributed by atoms with van der Waals surface area (Å²) in [6.07, 6.45) is 0. The Morgan fingerprint density at radius 2 is 1.45 bits per heavy atom. The van der Waals surface area contributed by atoms with Crippen molar-refractivity contribution in [2.75, 3.05) is 56.9 Å². The summed E-state index contributed by atoms with van der Waals surface area (Å²) in [6, 6.07) is 16.5. The van der Waals surface area contributed by atoms with Gasteiger partial charge in [-0.05, 0) is 79.7 Å². The molecule has 1 heterocycles. The largest absolute Gasteiger partial charge is 0.494 e. The molecule has 0 atom stereocenters. The molecule has 1 fully saturated rings. The zero-order chi connectivity index (χ0) is 30.2. The fraction of sp³-hybridized carbons (Fsp3) is 0.321. The van der Waals surface area contributed by atoms with Crippen LogP contribution in [0.3, 0.4) is 0 Å². The van der Waals surface area contributed by atoms with E-state index in [0.717, 1.165) is 16.4 Å². The lowest BCUT2D eigenvalue weighted by molar-refractivity contribution is -0.119. The molecule has 3 aromatic carbocycles. The Hall–Kier alpha value is -3.72. The van der Waals surface area contributed by atoms with E-state index in [9.17, 15) is 26.0 Å². The first-order valence-corrected chi connectivity index (χ1v) is 16.1. The summed E-state index contributed by atoms with van der Waals surface area (Å²) in [5.74, 6) is -0.262. The van der Waals surface area contributed by atoms with E-state index in [1.54, 1.807) is 6.92 Å². The van der Waals surface area contributed by atoms with Crippen LogP contribution in [0.15, 0.2) is 82.6 Å². The third kappa shape index (κ3) is 7.76. The number of ether oxygens (including phenoxy) is 3. The number of hydrogen-bond donors (Lipinski definition) is 1. The van der Waals surface area contributed by atoms with Crippen LogP contribution in [0.4, 0.5) is 10.1 Å². The number of carbonyl (C=O) groups excluding carboxylic acids is 1. The molecule has 14 heteroatoms. The first kappa shape index (κ1) is 31.2. The number of morpholine rings is 1. The summed E-state index contributed by atoms with van der Waals surface area (Å²) in [5, 5.41) is 2.61. The van der Waals surface area contributed by atoms with Crippen molar-refractivity contribution >= 4 is 31.6 Å². The molecule has 0 spiro atoms. The maximum absolute atomic E-state index is 13.5. The fourth-order valence-electron chi connectivity index (χ4n) is 4.11.